The smallest absolute Gasteiger partial charge is 0.181 e. The highest BCUT2D eigenvalue weighted by atomic mass is 32.2. The van der Waals surface area contributed by atoms with E-state index in [2.05, 4.69) is 4.90 Å². The average molecular weight is 395 g/mol. The molecule has 0 spiro atoms. The van der Waals surface area contributed by atoms with Crippen molar-refractivity contribution in [3.8, 4) is 0 Å². The van der Waals surface area contributed by atoms with Crippen LogP contribution < -0.4 is 0 Å². The second kappa shape index (κ2) is 8.46. The number of likely N-dealkylation sites (tertiary alicyclic amines) is 1. The minimum absolute atomic E-state index is 0.118. The summed E-state index contributed by atoms with van der Waals surface area (Å²) in [5, 5.41) is 8.64. The summed E-state index contributed by atoms with van der Waals surface area (Å²) in [6, 6.07) is 9.93. The van der Waals surface area contributed by atoms with Crippen molar-refractivity contribution in [3.63, 3.8) is 0 Å². The number of rotatable bonds is 6. The SMILES string of the molecule is O=S(=O)(c1ccc(CO)cc1)C1CCN(CCc2ccc(F)cc2F)CC1. The van der Waals surface area contributed by atoms with E-state index in [1.165, 1.54) is 12.1 Å². The van der Waals surface area contributed by atoms with E-state index in [0.29, 0.717) is 50.0 Å². The van der Waals surface area contributed by atoms with Gasteiger partial charge in [-0.25, -0.2) is 17.2 Å². The molecule has 0 atom stereocenters. The van der Waals surface area contributed by atoms with Crippen molar-refractivity contribution in [2.24, 2.45) is 0 Å². The van der Waals surface area contributed by atoms with E-state index in [-0.39, 0.29) is 11.5 Å². The Labute approximate surface area is 158 Å². The molecule has 1 fully saturated rings. The normalized spacial score (nSPS) is 16.6. The number of hydrogen-bond acceptors (Lipinski definition) is 4. The van der Waals surface area contributed by atoms with Crippen molar-refractivity contribution < 1.29 is 22.3 Å². The number of halogens is 2. The molecule has 1 aliphatic rings. The molecule has 1 aliphatic heterocycles. The van der Waals surface area contributed by atoms with Crippen LogP contribution in [0.5, 0.6) is 0 Å². The number of benzene rings is 2. The molecule has 27 heavy (non-hydrogen) atoms. The van der Waals surface area contributed by atoms with Crippen molar-refractivity contribution in [2.45, 2.75) is 36.0 Å². The molecule has 0 saturated carbocycles. The van der Waals surface area contributed by atoms with E-state index in [1.54, 1.807) is 24.3 Å². The molecule has 0 aliphatic carbocycles. The number of sulfone groups is 1. The van der Waals surface area contributed by atoms with Crippen LogP contribution in [0.4, 0.5) is 8.78 Å². The summed E-state index contributed by atoms with van der Waals surface area (Å²) in [6.45, 7) is 1.75. The van der Waals surface area contributed by atoms with Gasteiger partial charge in [0, 0.05) is 12.6 Å². The summed E-state index contributed by atoms with van der Waals surface area (Å²) < 4.78 is 52.2. The Morgan fingerprint density at radius 1 is 1.04 bits per heavy atom. The summed E-state index contributed by atoms with van der Waals surface area (Å²) in [4.78, 5) is 2.40. The van der Waals surface area contributed by atoms with Crippen LogP contribution in [0.2, 0.25) is 0 Å². The third kappa shape index (κ3) is 4.72. The van der Waals surface area contributed by atoms with E-state index in [4.69, 9.17) is 5.11 Å². The van der Waals surface area contributed by atoms with Crippen LogP contribution in [-0.2, 0) is 22.9 Å². The number of aliphatic hydroxyl groups excluding tert-OH is 1. The first-order valence-electron chi connectivity index (χ1n) is 9.00. The van der Waals surface area contributed by atoms with E-state index < -0.39 is 26.7 Å². The molecule has 2 aromatic rings. The Morgan fingerprint density at radius 2 is 1.70 bits per heavy atom. The van der Waals surface area contributed by atoms with Gasteiger partial charge in [-0.3, -0.25) is 0 Å². The zero-order valence-electron chi connectivity index (χ0n) is 14.9. The van der Waals surface area contributed by atoms with Gasteiger partial charge in [-0.15, -0.1) is 0 Å². The minimum atomic E-state index is -3.40. The van der Waals surface area contributed by atoms with Crippen LogP contribution in [-0.4, -0.2) is 43.3 Å². The summed E-state index contributed by atoms with van der Waals surface area (Å²) in [7, 11) is -3.40. The first-order chi connectivity index (χ1) is 12.9. The van der Waals surface area contributed by atoms with Crippen molar-refractivity contribution >= 4 is 9.84 Å². The summed E-state index contributed by atoms with van der Waals surface area (Å²) in [5.74, 6) is -1.13. The maximum atomic E-state index is 13.7. The molecule has 0 aromatic heterocycles. The lowest BCUT2D eigenvalue weighted by Crippen LogP contribution is -2.40. The molecule has 0 amide bonds. The third-order valence-corrected chi connectivity index (χ3v) is 7.40. The molecular formula is C20H23F2NO3S. The van der Waals surface area contributed by atoms with Crippen LogP contribution in [0.1, 0.15) is 24.0 Å². The van der Waals surface area contributed by atoms with Gasteiger partial charge >= 0.3 is 0 Å². The molecule has 0 radical (unpaired) electrons. The first kappa shape index (κ1) is 19.9. The highest BCUT2D eigenvalue weighted by molar-refractivity contribution is 7.92. The second-order valence-electron chi connectivity index (χ2n) is 6.87. The number of piperidine rings is 1. The maximum absolute atomic E-state index is 13.7. The van der Waals surface area contributed by atoms with Gasteiger partial charge < -0.3 is 10.0 Å². The molecule has 3 rings (SSSR count). The highest BCUT2D eigenvalue weighted by Crippen LogP contribution is 2.25. The molecule has 0 bridgehead atoms. The number of hydrogen-bond donors (Lipinski definition) is 1. The Balaban J connectivity index is 1.56. The van der Waals surface area contributed by atoms with Crippen molar-refractivity contribution in [1.29, 1.82) is 0 Å². The van der Waals surface area contributed by atoms with Crippen LogP contribution in [0, 0.1) is 11.6 Å². The molecule has 1 saturated heterocycles. The molecule has 146 valence electrons. The molecule has 2 aromatic carbocycles. The first-order valence-corrected chi connectivity index (χ1v) is 10.5. The average Bonchev–Trinajstić information content (AvgIpc) is 2.67. The van der Waals surface area contributed by atoms with Crippen molar-refractivity contribution in [2.75, 3.05) is 19.6 Å². The topological polar surface area (TPSA) is 57.6 Å². The second-order valence-corrected chi connectivity index (χ2v) is 9.10. The van der Waals surface area contributed by atoms with Crippen molar-refractivity contribution in [3.05, 3.63) is 65.2 Å². The summed E-state index contributed by atoms with van der Waals surface area (Å²) >= 11 is 0. The number of nitrogens with zero attached hydrogens (tertiary/aromatic N) is 1. The molecule has 0 unspecified atom stereocenters. The van der Waals surface area contributed by atoms with E-state index >= 15 is 0 Å². The minimum Gasteiger partial charge on any atom is -0.392 e. The summed E-state index contributed by atoms with van der Waals surface area (Å²) in [6.07, 6.45) is 1.51. The van der Waals surface area contributed by atoms with Gasteiger partial charge in [-0.1, -0.05) is 18.2 Å². The Hall–Kier alpha value is -1.83. The zero-order chi connectivity index (χ0) is 19.4. The maximum Gasteiger partial charge on any atom is 0.181 e. The van der Waals surface area contributed by atoms with Crippen LogP contribution in [0.25, 0.3) is 0 Å². The lowest BCUT2D eigenvalue weighted by Gasteiger charge is -2.31. The lowest BCUT2D eigenvalue weighted by atomic mass is 10.1. The fraction of sp³-hybridized carbons (Fsp3) is 0.400. The van der Waals surface area contributed by atoms with E-state index in [1.807, 2.05) is 0 Å². The van der Waals surface area contributed by atoms with Gasteiger partial charge in [0.1, 0.15) is 11.6 Å². The largest absolute Gasteiger partial charge is 0.392 e. The lowest BCUT2D eigenvalue weighted by molar-refractivity contribution is 0.232. The highest BCUT2D eigenvalue weighted by Gasteiger charge is 2.31. The molecule has 1 N–H and O–H groups in total. The molecule has 4 nitrogen and oxygen atoms in total. The van der Waals surface area contributed by atoms with Crippen molar-refractivity contribution in [1.82, 2.24) is 4.90 Å². The predicted molar refractivity (Wildman–Crippen MR) is 99.1 cm³/mol. The van der Waals surface area contributed by atoms with Gasteiger partial charge in [0.2, 0.25) is 0 Å². The number of aliphatic hydroxyl groups is 1. The monoisotopic (exact) mass is 395 g/mol. The van der Waals surface area contributed by atoms with Gasteiger partial charge in [0.25, 0.3) is 0 Å². The fourth-order valence-electron chi connectivity index (χ4n) is 3.42. The molecule has 1 heterocycles. The zero-order valence-corrected chi connectivity index (χ0v) is 15.8. The predicted octanol–water partition coefficient (Wildman–Crippen LogP) is 2.94. The van der Waals surface area contributed by atoms with E-state index in [0.717, 1.165) is 6.07 Å². The standard InChI is InChI=1S/C20H23F2NO3S/c21-17-4-3-16(20(22)13-17)7-10-23-11-8-19(9-12-23)27(25,26)18-5-1-15(14-24)2-6-18/h1-6,13,19,24H,7-12,14H2. The van der Waals surface area contributed by atoms with Crippen LogP contribution in [0.15, 0.2) is 47.4 Å². The Morgan fingerprint density at radius 3 is 2.30 bits per heavy atom. The van der Waals surface area contributed by atoms with Gasteiger partial charge in [-0.05, 0) is 61.7 Å². The van der Waals surface area contributed by atoms with Crippen LogP contribution >= 0.6 is 0 Å². The Kier molecular flexibility index (Phi) is 6.24. The van der Waals surface area contributed by atoms with E-state index in [9.17, 15) is 17.2 Å². The quantitative estimate of drug-likeness (QED) is 0.817. The third-order valence-electron chi connectivity index (χ3n) is 5.12. The van der Waals surface area contributed by atoms with Gasteiger partial charge in [0.05, 0.1) is 16.8 Å². The molecule has 7 heteroatoms. The van der Waals surface area contributed by atoms with Gasteiger partial charge in [0.15, 0.2) is 9.84 Å². The van der Waals surface area contributed by atoms with Crippen LogP contribution in [0.3, 0.4) is 0 Å². The summed E-state index contributed by atoms with van der Waals surface area (Å²) in [5.41, 5.74) is 1.15. The fourth-order valence-corrected chi connectivity index (χ4v) is 5.15. The van der Waals surface area contributed by atoms with Gasteiger partial charge in [-0.2, -0.15) is 0 Å². The molecular weight excluding hydrogens is 372 g/mol. The Bertz CT molecular complexity index is 877.